The molecule has 26 heavy (non-hydrogen) atoms. The van der Waals surface area contributed by atoms with Crippen molar-refractivity contribution in [3.05, 3.63) is 35.7 Å². The molecule has 7 nitrogen and oxygen atoms in total. The first kappa shape index (κ1) is 18.0. The van der Waals surface area contributed by atoms with Crippen molar-refractivity contribution in [2.45, 2.75) is 31.0 Å². The largest absolute Gasteiger partial charge is 0.433 e. The van der Waals surface area contributed by atoms with Crippen molar-refractivity contribution in [2.24, 2.45) is 7.05 Å². The lowest BCUT2D eigenvalue weighted by Crippen LogP contribution is -2.39. The molecule has 2 N–H and O–H groups in total. The molecule has 1 aliphatic carbocycles. The van der Waals surface area contributed by atoms with Gasteiger partial charge in [0.1, 0.15) is 11.2 Å². The summed E-state index contributed by atoms with van der Waals surface area (Å²) in [7, 11) is 1.41. The highest BCUT2D eigenvalue weighted by Crippen LogP contribution is 2.44. The molecule has 1 aliphatic rings. The smallest absolute Gasteiger partial charge is 0.325 e. The first-order chi connectivity index (χ1) is 12.1. The van der Waals surface area contributed by atoms with Crippen molar-refractivity contribution < 1.29 is 26.7 Å². The van der Waals surface area contributed by atoms with Crippen LogP contribution in [0.1, 0.15) is 36.5 Å². The van der Waals surface area contributed by atoms with E-state index in [9.17, 15) is 26.7 Å². The third kappa shape index (κ3) is 3.58. The van der Waals surface area contributed by atoms with Gasteiger partial charge >= 0.3 is 12.2 Å². The lowest BCUT2D eigenvalue weighted by Gasteiger charge is -2.17. The molecule has 1 fully saturated rings. The highest BCUT2D eigenvalue weighted by atomic mass is 19.4. The fourth-order valence-electron chi connectivity index (χ4n) is 2.41. The number of hydrogen-bond acceptors (Lipinski definition) is 4. The van der Waals surface area contributed by atoms with Crippen molar-refractivity contribution in [1.82, 2.24) is 25.1 Å². The summed E-state index contributed by atoms with van der Waals surface area (Å²) < 4.78 is 65.2. The molecule has 2 aromatic heterocycles. The van der Waals surface area contributed by atoms with Crippen LogP contribution in [0.25, 0.3) is 0 Å². The first-order valence-electron chi connectivity index (χ1n) is 7.42. The number of amides is 2. The van der Waals surface area contributed by atoms with Gasteiger partial charge in [-0.05, 0) is 18.9 Å². The minimum Gasteiger partial charge on any atom is -0.325 e. The van der Waals surface area contributed by atoms with Crippen LogP contribution in [0.2, 0.25) is 0 Å². The SMILES string of the molecule is Cn1cc(NC(=O)NC2(c3nccc(C(F)(F)F)n3)CC2)c(C(F)F)n1. The van der Waals surface area contributed by atoms with Gasteiger partial charge in [0.2, 0.25) is 0 Å². The van der Waals surface area contributed by atoms with Crippen LogP contribution in [-0.4, -0.2) is 25.8 Å². The van der Waals surface area contributed by atoms with Crippen LogP contribution in [0.15, 0.2) is 18.5 Å². The summed E-state index contributed by atoms with van der Waals surface area (Å²) in [5.74, 6) is -0.178. The van der Waals surface area contributed by atoms with Crippen LogP contribution in [0.4, 0.5) is 32.4 Å². The molecule has 2 amide bonds. The second-order valence-electron chi connectivity index (χ2n) is 5.83. The summed E-state index contributed by atoms with van der Waals surface area (Å²) in [6, 6.07) is -0.136. The van der Waals surface area contributed by atoms with E-state index in [2.05, 4.69) is 25.7 Å². The molecule has 2 heterocycles. The number of carbonyl (C=O) groups is 1. The van der Waals surface area contributed by atoms with Gasteiger partial charge in [-0.1, -0.05) is 0 Å². The predicted octanol–water partition coefficient (Wildman–Crippen LogP) is 2.98. The summed E-state index contributed by atoms with van der Waals surface area (Å²) in [6.07, 6.45) is -4.72. The van der Waals surface area contributed by atoms with Gasteiger partial charge in [-0.3, -0.25) is 4.68 Å². The normalized spacial score (nSPS) is 15.8. The number of rotatable bonds is 4. The van der Waals surface area contributed by atoms with Crippen molar-refractivity contribution in [3.63, 3.8) is 0 Å². The molecule has 0 bridgehead atoms. The first-order valence-corrected chi connectivity index (χ1v) is 7.42. The molecular formula is C14H13F5N6O. The predicted molar refractivity (Wildman–Crippen MR) is 78.3 cm³/mol. The van der Waals surface area contributed by atoms with E-state index < -0.39 is 35.6 Å². The molecule has 12 heteroatoms. The van der Waals surface area contributed by atoms with Crippen molar-refractivity contribution in [2.75, 3.05) is 5.32 Å². The minimum atomic E-state index is -4.64. The highest BCUT2D eigenvalue weighted by Gasteiger charge is 2.49. The molecule has 0 aliphatic heterocycles. The molecule has 0 saturated heterocycles. The molecule has 0 radical (unpaired) electrons. The molecule has 140 valence electrons. The van der Waals surface area contributed by atoms with E-state index in [0.29, 0.717) is 12.8 Å². The average Bonchev–Trinajstić information content (AvgIpc) is 3.22. The maximum Gasteiger partial charge on any atom is 0.433 e. The highest BCUT2D eigenvalue weighted by molar-refractivity contribution is 5.90. The molecule has 0 spiro atoms. The maximum absolute atomic E-state index is 12.9. The third-order valence-corrected chi connectivity index (χ3v) is 3.79. The second-order valence-corrected chi connectivity index (χ2v) is 5.83. The van der Waals surface area contributed by atoms with E-state index in [4.69, 9.17) is 0 Å². The van der Waals surface area contributed by atoms with Crippen molar-refractivity contribution >= 4 is 11.7 Å². The summed E-state index contributed by atoms with van der Waals surface area (Å²) in [6.45, 7) is 0. The van der Waals surface area contributed by atoms with Gasteiger partial charge in [0.05, 0.1) is 5.69 Å². The Balaban J connectivity index is 1.76. The van der Waals surface area contributed by atoms with Gasteiger partial charge in [-0.25, -0.2) is 23.5 Å². The molecular weight excluding hydrogens is 363 g/mol. The van der Waals surface area contributed by atoms with Gasteiger partial charge in [0, 0.05) is 19.4 Å². The topological polar surface area (TPSA) is 84.7 Å². The Kier molecular flexibility index (Phi) is 4.28. The van der Waals surface area contributed by atoms with Crippen molar-refractivity contribution in [1.29, 1.82) is 0 Å². The van der Waals surface area contributed by atoms with E-state index in [1.807, 2.05) is 0 Å². The number of aryl methyl sites for hydroxylation is 1. The van der Waals surface area contributed by atoms with E-state index >= 15 is 0 Å². The Labute approximate surface area is 143 Å². The van der Waals surface area contributed by atoms with Crippen LogP contribution in [0, 0.1) is 0 Å². The number of urea groups is 1. The van der Waals surface area contributed by atoms with Crippen LogP contribution in [0.3, 0.4) is 0 Å². The van der Waals surface area contributed by atoms with E-state index in [0.717, 1.165) is 16.9 Å². The summed E-state index contributed by atoms with van der Waals surface area (Å²) in [4.78, 5) is 19.4. The van der Waals surface area contributed by atoms with Gasteiger partial charge in [0.15, 0.2) is 11.5 Å². The Morgan fingerprint density at radius 1 is 1.35 bits per heavy atom. The quantitative estimate of drug-likeness (QED) is 0.804. The number of carbonyl (C=O) groups excluding carboxylic acids is 1. The van der Waals surface area contributed by atoms with E-state index in [1.54, 1.807) is 0 Å². The fraction of sp³-hybridized carbons (Fsp3) is 0.429. The molecule has 0 unspecified atom stereocenters. The van der Waals surface area contributed by atoms with Gasteiger partial charge < -0.3 is 10.6 Å². The van der Waals surface area contributed by atoms with Crippen LogP contribution in [-0.2, 0) is 18.8 Å². The zero-order valence-electron chi connectivity index (χ0n) is 13.3. The number of halogens is 5. The lowest BCUT2D eigenvalue weighted by molar-refractivity contribution is -0.141. The standard InChI is InChI=1S/C14H13F5N6O/c1-25-6-7(9(24-25)10(15)16)21-12(26)23-13(3-4-13)11-20-5-2-8(22-11)14(17,18)19/h2,5-6,10H,3-4H2,1H3,(H2,21,23,26). The zero-order chi connectivity index (χ0) is 19.1. The number of nitrogens with one attached hydrogen (secondary N) is 2. The Bertz CT molecular complexity index is 829. The number of alkyl halides is 5. The van der Waals surface area contributed by atoms with Gasteiger partial charge in [-0.15, -0.1) is 0 Å². The van der Waals surface area contributed by atoms with E-state index in [-0.39, 0.29) is 11.5 Å². The summed E-state index contributed by atoms with van der Waals surface area (Å²) >= 11 is 0. The van der Waals surface area contributed by atoms with Gasteiger partial charge in [-0.2, -0.15) is 18.3 Å². The third-order valence-electron chi connectivity index (χ3n) is 3.79. The summed E-state index contributed by atoms with van der Waals surface area (Å²) in [5.41, 5.74) is -3.08. The lowest BCUT2D eigenvalue weighted by atomic mass is 10.2. The Morgan fingerprint density at radius 2 is 2.04 bits per heavy atom. The number of aromatic nitrogens is 4. The Morgan fingerprint density at radius 3 is 2.62 bits per heavy atom. The van der Waals surface area contributed by atoms with Crippen LogP contribution >= 0.6 is 0 Å². The fourth-order valence-corrected chi connectivity index (χ4v) is 2.41. The van der Waals surface area contributed by atoms with E-state index in [1.165, 1.54) is 13.2 Å². The summed E-state index contributed by atoms with van der Waals surface area (Å²) in [5, 5.41) is 8.24. The van der Waals surface area contributed by atoms with Gasteiger partial charge in [0.25, 0.3) is 6.43 Å². The molecule has 2 aromatic rings. The molecule has 0 aromatic carbocycles. The average molecular weight is 376 g/mol. The maximum atomic E-state index is 12.9. The monoisotopic (exact) mass is 376 g/mol. The number of hydrogen-bond donors (Lipinski definition) is 2. The van der Waals surface area contributed by atoms with Crippen LogP contribution in [0.5, 0.6) is 0 Å². The molecule has 3 rings (SSSR count). The molecule has 1 saturated carbocycles. The van der Waals surface area contributed by atoms with Crippen LogP contribution < -0.4 is 10.6 Å². The number of anilines is 1. The van der Waals surface area contributed by atoms with Crippen molar-refractivity contribution in [3.8, 4) is 0 Å². The molecule has 0 atom stereocenters. The Hall–Kier alpha value is -2.79. The minimum absolute atomic E-state index is 0.178. The number of nitrogens with zero attached hydrogens (tertiary/aromatic N) is 4. The second kappa shape index (κ2) is 6.18. The zero-order valence-corrected chi connectivity index (χ0v) is 13.3.